The zero-order chi connectivity index (χ0) is 15.9. The number of aliphatic hydroxyl groups excluding tert-OH is 1. The summed E-state index contributed by atoms with van der Waals surface area (Å²) in [5.41, 5.74) is 2.09. The number of rotatable bonds is 7. The summed E-state index contributed by atoms with van der Waals surface area (Å²) in [6.07, 6.45) is 1.47. The van der Waals surface area contributed by atoms with E-state index in [4.69, 9.17) is 4.74 Å². The van der Waals surface area contributed by atoms with Gasteiger partial charge in [0.1, 0.15) is 17.4 Å². The summed E-state index contributed by atoms with van der Waals surface area (Å²) in [6, 6.07) is 9.80. The molecule has 118 valence electrons. The smallest absolute Gasteiger partial charge is 0.130 e. The number of hydrogen-bond acceptors (Lipinski definition) is 5. The monoisotopic (exact) mass is 301 g/mol. The molecule has 0 saturated heterocycles. The maximum Gasteiger partial charge on any atom is 0.130 e. The second kappa shape index (κ2) is 7.75. The average molecular weight is 301 g/mol. The van der Waals surface area contributed by atoms with Gasteiger partial charge in [0.05, 0.1) is 13.2 Å². The van der Waals surface area contributed by atoms with E-state index in [9.17, 15) is 5.11 Å². The lowest BCUT2D eigenvalue weighted by molar-refractivity contribution is 0.280. The molecule has 0 fully saturated rings. The van der Waals surface area contributed by atoms with Crippen molar-refractivity contribution in [2.75, 3.05) is 19.0 Å². The third kappa shape index (κ3) is 4.18. The first-order valence-corrected chi connectivity index (χ1v) is 7.52. The Hall–Kier alpha value is -2.14. The second-order valence-corrected chi connectivity index (χ2v) is 5.13. The molecule has 2 rings (SSSR count). The van der Waals surface area contributed by atoms with Crippen molar-refractivity contribution in [1.82, 2.24) is 9.97 Å². The van der Waals surface area contributed by atoms with E-state index in [1.54, 1.807) is 7.11 Å². The predicted octanol–water partition coefficient (Wildman–Crippen LogP) is 2.89. The van der Waals surface area contributed by atoms with Crippen molar-refractivity contribution < 1.29 is 9.84 Å². The van der Waals surface area contributed by atoms with Crippen LogP contribution in [0.25, 0.3) is 0 Å². The lowest BCUT2D eigenvalue weighted by Gasteiger charge is -2.20. The molecule has 0 radical (unpaired) electrons. The molecule has 0 saturated carbocycles. The highest BCUT2D eigenvalue weighted by molar-refractivity contribution is 5.41. The molecular formula is C17H23N3O2. The van der Waals surface area contributed by atoms with Crippen LogP contribution < -0.4 is 10.1 Å². The molecule has 0 aliphatic carbocycles. The van der Waals surface area contributed by atoms with Gasteiger partial charge >= 0.3 is 0 Å². The van der Waals surface area contributed by atoms with Crippen LogP contribution in [0.4, 0.5) is 5.82 Å². The largest absolute Gasteiger partial charge is 0.497 e. The fourth-order valence-electron chi connectivity index (χ4n) is 2.35. The van der Waals surface area contributed by atoms with Gasteiger partial charge in [0.15, 0.2) is 0 Å². The van der Waals surface area contributed by atoms with E-state index in [1.807, 2.05) is 37.3 Å². The molecule has 22 heavy (non-hydrogen) atoms. The highest BCUT2D eigenvalue weighted by atomic mass is 16.5. The fraction of sp³-hybridized carbons (Fsp3) is 0.412. The molecule has 0 amide bonds. The number of aromatic nitrogens is 2. The zero-order valence-electron chi connectivity index (χ0n) is 13.3. The maximum atomic E-state index is 9.33. The number of ether oxygens (including phenoxy) is 1. The van der Waals surface area contributed by atoms with E-state index >= 15 is 0 Å². The van der Waals surface area contributed by atoms with Crippen molar-refractivity contribution in [3.05, 3.63) is 47.4 Å². The predicted molar refractivity (Wildman–Crippen MR) is 87.2 cm³/mol. The minimum absolute atomic E-state index is 0.00471. The average Bonchev–Trinajstić information content (AvgIpc) is 2.54. The molecule has 1 unspecified atom stereocenters. The van der Waals surface area contributed by atoms with E-state index in [0.29, 0.717) is 6.42 Å². The highest BCUT2D eigenvalue weighted by Crippen LogP contribution is 2.24. The lowest BCUT2D eigenvalue weighted by atomic mass is 10.0. The Morgan fingerprint density at radius 2 is 1.95 bits per heavy atom. The summed E-state index contributed by atoms with van der Waals surface area (Å²) in [5, 5.41) is 12.7. The van der Waals surface area contributed by atoms with E-state index in [2.05, 4.69) is 22.2 Å². The molecular weight excluding hydrogens is 278 g/mol. The normalized spacial score (nSPS) is 12.0. The summed E-state index contributed by atoms with van der Waals surface area (Å²) < 4.78 is 5.18. The van der Waals surface area contributed by atoms with Crippen LogP contribution in [0.2, 0.25) is 0 Å². The first-order valence-electron chi connectivity index (χ1n) is 7.52. The van der Waals surface area contributed by atoms with Gasteiger partial charge < -0.3 is 15.2 Å². The fourth-order valence-corrected chi connectivity index (χ4v) is 2.35. The van der Waals surface area contributed by atoms with Crippen LogP contribution in [0.3, 0.4) is 0 Å². The summed E-state index contributed by atoms with van der Waals surface area (Å²) in [4.78, 5) is 8.82. The number of aryl methyl sites for hydroxylation is 2. The van der Waals surface area contributed by atoms with Crippen molar-refractivity contribution >= 4 is 5.82 Å². The number of nitrogens with zero attached hydrogens (tertiary/aromatic N) is 2. The molecule has 1 heterocycles. The van der Waals surface area contributed by atoms with Gasteiger partial charge in [-0.1, -0.05) is 19.1 Å². The standard InChI is InChI=1S/C17H23N3O2/c1-4-14-11-17(19-12(2)18-14)20-16(9-10-21)13-5-7-15(22-3)8-6-13/h5-8,11,16,21H,4,9-10H2,1-3H3,(H,18,19,20). The zero-order valence-corrected chi connectivity index (χ0v) is 13.3. The van der Waals surface area contributed by atoms with Crippen molar-refractivity contribution in [3.8, 4) is 5.75 Å². The van der Waals surface area contributed by atoms with Gasteiger partial charge in [-0.2, -0.15) is 0 Å². The van der Waals surface area contributed by atoms with Gasteiger partial charge in [-0.3, -0.25) is 0 Å². The number of nitrogens with one attached hydrogen (secondary N) is 1. The number of benzene rings is 1. The van der Waals surface area contributed by atoms with E-state index < -0.39 is 0 Å². The summed E-state index contributed by atoms with van der Waals surface area (Å²) in [7, 11) is 1.65. The van der Waals surface area contributed by atoms with Crippen LogP contribution in [0.1, 0.15) is 36.5 Å². The van der Waals surface area contributed by atoms with Crippen LogP contribution in [-0.4, -0.2) is 28.8 Å². The molecule has 2 aromatic rings. The molecule has 0 spiro atoms. The SMILES string of the molecule is CCc1cc(NC(CCO)c2ccc(OC)cc2)nc(C)n1. The first kappa shape index (κ1) is 16.2. The molecule has 0 aliphatic rings. The molecule has 1 aromatic heterocycles. The molecule has 1 aromatic carbocycles. The molecule has 5 heteroatoms. The topological polar surface area (TPSA) is 67.3 Å². The van der Waals surface area contributed by atoms with Crippen LogP contribution in [0.15, 0.2) is 30.3 Å². The Bertz CT molecular complexity index is 599. The second-order valence-electron chi connectivity index (χ2n) is 5.13. The van der Waals surface area contributed by atoms with Crippen molar-refractivity contribution in [1.29, 1.82) is 0 Å². The molecule has 2 N–H and O–H groups in total. The van der Waals surface area contributed by atoms with Crippen LogP contribution in [0, 0.1) is 6.92 Å². The highest BCUT2D eigenvalue weighted by Gasteiger charge is 2.12. The summed E-state index contributed by atoms with van der Waals surface area (Å²) in [5.74, 6) is 2.36. The summed E-state index contributed by atoms with van der Waals surface area (Å²) >= 11 is 0. The van der Waals surface area contributed by atoms with Crippen molar-refractivity contribution in [3.63, 3.8) is 0 Å². The first-order chi connectivity index (χ1) is 10.7. The third-order valence-corrected chi connectivity index (χ3v) is 3.51. The minimum Gasteiger partial charge on any atom is -0.497 e. The summed E-state index contributed by atoms with van der Waals surface area (Å²) in [6.45, 7) is 4.06. The Labute approximate surface area is 131 Å². The Kier molecular flexibility index (Phi) is 5.72. The Morgan fingerprint density at radius 3 is 2.55 bits per heavy atom. The van der Waals surface area contributed by atoms with E-state index in [-0.39, 0.29) is 12.6 Å². The van der Waals surface area contributed by atoms with Crippen molar-refractivity contribution in [2.24, 2.45) is 0 Å². The minimum atomic E-state index is -0.00471. The third-order valence-electron chi connectivity index (χ3n) is 3.51. The number of hydrogen-bond donors (Lipinski definition) is 2. The Balaban J connectivity index is 2.22. The van der Waals surface area contributed by atoms with Crippen LogP contribution in [0.5, 0.6) is 5.75 Å². The van der Waals surface area contributed by atoms with Gasteiger partial charge in [-0.25, -0.2) is 9.97 Å². The Morgan fingerprint density at radius 1 is 1.23 bits per heavy atom. The number of methoxy groups -OCH3 is 1. The number of aliphatic hydroxyl groups is 1. The molecule has 0 bridgehead atoms. The van der Waals surface area contributed by atoms with Gasteiger partial charge in [0, 0.05) is 18.4 Å². The van der Waals surface area contributed by atoms with Gasteiger partial charge in [0.25, 0.3) is 0 Å². The molecule has 0 aliphatic heterocycles. The van der Waals surface area contributed by atoms with Gasteiger partial charge in [-0.05, 0) is 37.5 Å². The molecule has 5 nitrogen and oxygen atoms in total. The van der Waals surface area contributed by atoms with Crippen LogP contribution >= 0.6 is 0 Å². The maximum absolute atomic E-state index is 9.33. The van der Waals surface area contributed by atoms with Crippen LogP contribution in [-0.2, 0) is 6.42 Å². The van der Waals surface area contributed by atoms with E-state index in [0.717, 1.165) is 35.1 Å². The van der Waals surface area contributed by atoms with Gasteiger partial charge in [0.2, 0.25) is 0 Å². The van der Waals surface area contributed by atoms with Gasteiger partial charge in [-0.15, -0.1) is 0 Å². The molecule has 1 atom stereocenters. The van der Waals surface area contributed by atoms with E-state index in [1.165, 1.54) is 0 Å². The lowest BCUT2D eigenvalue weighted by Crippen LogP contribution is -2.14. The number of anilines is 1. The quantitative estimate of drug-likeness (QED) is 0.823. The van der Waals surface area contributed by atoms with Crippen molar-refractivity contribution in [2.45, 2.75) is 32.7 Å².